The lowest BCUT2D eigenvalue weighted by atomic mass is 10.1. The van der Waals surface area contributed by atoms with Gasteiger partial charge < -0.3 is 23.6 Å². The highest BCUT2D eigenvalue weighted by atomic mass is 16.6. The van der Waals surface area contributed by atoms with E-state index in [0.717, 1.165) is 25.7 Å². The summed E-state index contributed by atoms with van der Waals surface area (Å²) < 4.78 is 21.1. The fourth-order valence-electron chi connectivity index (χ4n) is 4.12. The first-order chi connectivity index (χ1) is 14.6. The largest absolute Gasteiger partial charge is 0.497 e. The number of likely N-dealkylation sites (tertiary alicyclic amines) is 1. The number of carbonyl (C=O) groups is 2. The van der Waals surface area contributed by atoms with Crippen LogP contribution in [0.1, 0.15) is 38.0 Å². The van der Waals surface area contributed by atoms with Crippen molar-refractivity contribution < 1.29 is 28.3 Å². The van der Waals surface area contributed by atoms with Gasteiger partial charge in [0.25, 0.3) is 5.89 Å². The average Bonchev–Trinajstić information content (AvgIpc) is 3.52. The van der Waals surface area contributed by atoms with E-state index in [1.165, 1.54) is 0 Å². The maximum absolute atomic E-state index is 12.4. The minimum absolute atomic E-state index is 0.0375. The summed E-state index contributed by atoms with van der Waals surface area (Å²) in [5, 5.41) is 3.94. The van der Waals surface area contributed by atoms with Crippen LogP contribution in [0.15, 0.2) is 22.7 Å². The standard InChI is InChI=1S/C21H25N3O6/c1-27-15-7-8-16(17(10-15)28-2)20-22-18(30-23-20)12-29-21(26)13-9-19(25)24(11-13)14-5-3-4-6-14/h7-8,10,13-14H,3-6,9,11-12H2,1-2H3/t13-/m1/s1. The SMILES string of the molecule is COc1ccc(-c2noc(COC(=O)[C@@H]3CC(=O)N(C4CCCC4)C3)n2)c(OC)c1. The third-order valence-corrected chi connectivity index (χ3v) is 5.71. The Hall–Kier alpha value is -3.10. The second-order valence-electron chi connectivity index (χ2n) is 7.57. The number of esters is 1. The molecular formula is C21H25N3O6. The number of carbonyl (C=O) groups excluding carboxylic acids is 2. The Morgan fingerprint density at radius 1 is 1.23 bits per heavy atom. The lowest BCUT2D eigenvalue weighted by Crippen LogP contribution is -2.35. The quantitative estimate of drug-likeness (QED) is 0.636. The van der Waals surface area contributed by atoms with Gasteiger partial charge in [0.15, 0.2) is 6.61 Å². The summed E-state index contributed by atoms with van der Waals surface area (Å²) in [6.07, 6.45) is 4.53. The Morgan fingerprint density at radius 2 is 2.03 bits per heavy atom. The van der Waals surface area contributed by atoms with E-state index in [4.69, 9.17) is 18.7 Å². The van der Waals surface area contributed by atoms with Crippen LogP contribution in [0.5, 0.6) is 11.5 Å². The fourth-order valence-corrected chi connectivity index (χ4v) is 4.12. The van der Waals surface area contributed by atoms with Gasteiger partial charge in [-0.3, -0.25) is 9.59 Å². The van der Waals surface area contributed by atoms with Crippen molar-refractivity contribution >= 4 is 11.9 Å². The number of hydrogen-bond donors (Lipinski definition) is 0. The summed E-state index contributed by atoms with van der Waals surface area (Å²) in [6.45, 7) is 0.291. The molecule has 2 fully saturated rings. The molecule has 1 saturated carbocycles. The normalized spacial score (nSPS) is 19.3. The van der Waals surface area contributed by atoms with E-state index < -0.39 is 11.9 Å². The molecule has 1 aliphatic carbocycles. The van der Waals surface area contributed by atoms with Gasteiger partial charge in [-0.1, -0.05) is 18.0 Å². The molecule has 0 radical (unpaired) electrons. The van der Waals surface area contributed by atoms with Crippen molar-refractivity contribution in [3.63, 3.8) is 0 Å². The van der Waals surface area contributed by atoms with E-state index in [-0.39, 0.29) is 30.9 Å². The highest BCUT2D eigenvalue weighted by Crippen LogP contribution is 2.32. The van der Waals surface area contributed by atoms with Crippen molar-refractivity contribution in [3.05, 3.63) is 24.1 Å². The van der Waals surface area contributed by atoms with E-state index in [2.05, 4.69) is 10.1 Å². The van der Waals surface area contributed by atoms with Gasteiger partial charge in [0.2, 0.25) is 11.7 Å². The molecule has 160 valence electrons. The summed E-state index contributed by atoms with van der Waals surface area (Å²) in [5.74, 6) is 0.863. The molecule has 30 heavy (non-hydrogen) atoms. The van der Waals surface area contributed by atoms with Crippen LogP contribution >= 0.6 is 0 Å². The number of rotatable bonds is 7. The Bertz CT molecular complexity index is 921. The third kappa shape index (κ3) is 4.10. The molecule has 1 atom stereocenters. The zero-order valence-corrected chi connectivity index (χ0v) is 17.1. The number of amides is 1. The minimum atomic E-state index is -0.442. The van der Waals surface area contributed by atoms with Crippen LogP contribution in [-0.4, -0.2) is 53.7 Å². The second-order valence-corrected chi connectivity index (χ2v) is 7.57. The van der Waals surface area contributed by atoms with Crippen molar-refractivity contribution in [1.29, 1.82) is 0 Å². The molecular weight excluding hydrogens is 390 g/mol. The highest BCUT2D eigenvalue weighted by Gasteiger charge is 2.39. The Labute approximate surface area is 174 Å². The smallest absolute Gasteiger partial charge is 0.311 e. The Kier molecular flexibility index (Phi) is 5.87. The molecule has 2 aliphatic rings. The first kappa shape index (κ1) is 20.2. The summed E-state index contributed by atoms with van der Waals surface area (Å²) >= 11 is 0. The van der Waals surface area contributed by atoms with E-state index >= 15 is 0 Å². The van der Waals surface area contributed by atoms with Gasteiger partial charge in [-0.25, -0.2) is 0 Å². The van der Waals surface area contributed by atoms with Gasteiger partial charge in [-0.05, 0) is 25.0 Å². The summed E-state index contributed by atoms with van der Waals surface area (Å²) in [7, 11) is 3.11. The lowest BCUT2D eigenvalue weighted by molar-refractivity contribution is -0.150. The van der Waals surface area contributed by atoms with Crippen LogP contribution in [0.3, 0.4) is 0 Å². The maximum Gasteiger partial charge on any atom is 0.311 e. The monoisotopic (exact) mass is 415 g/mol. The zero-order chi connectivity index (χ0) is 21.1. The Morgan fingerprint density at radius 3 is 2.77 bits per heavy atom. The predicted molar refractivity (Wildman–Crippen MR) is 105 cm³/mol. The molecule has 2 heterocycles. The van der Waals surface area contributed by atoms with Gasteiger partial charge in [-0.15, -0.1) is 0 Å². The van der Waals surface area contributed by atoms with E-state index in [1.807, 2.05) is 4.90 Å². The molecule has 0 N–H and O–H groups in total. The molecule has 1 aromatic heterocycles. The van der Waals surface area contributed by atoms with Crippen molar-refractivity contribution in [3.8, 4) is 22.9 Å². The predicted octanol–water partition coefficient (Wildman–Crippen LogP) is 2.59. The van der Waals surface area contributed by atoms with Gasteiger partial charge in [-0.2, -0.15) is 4.98 Å². The maximum atomic E-state index is 12.4. The lowest BCUT2D eigenvalue weighted by Gasteiger charge is -2.23. The summed E-state index contributed by atoms with van der Waals surface area (Å²) in [5.41, 5.74) is 0.633. The van der Waals surface area contributed by atoms with Crippen LogP contribution < -0.4 is 9.47 Å². The molecule has 1 saturated heterocycles. The van der Waals surface area contributed by atoms with E-state index in [1.54, 1.807) is 32.4 Å². The van der Waals surface area contributed by atoms with Crippen molar-refractivity contribution in [2.24, 2.45) is 5.92 Å². The molecule has 0 bridgehead atoms. The van der Waals surface area contributed by atoms with Gasteiger partial charge in [0.05, 0.1) is 25.7 Å². The molecule has 1 amide bonds. The van der Waals surface area contributed by atoms with Crippen molar-refractivity contribution in [2.75, 3.05) is 20.8 Å². The molecule has 1 aliphatic heterocycles. The summed E-state index contributed by atoms with van der Waals surface area (Å²) in [6, 6.07) is 5.52. The first-order valence-electron chi connectivity index (χ1n) is 10.1. The summed E-state index contributed by atoms with van der Waals surface area (Å²) in [4.78, 5) is 30.9. The molecule has 2 aromatic rings. The molecule has 9 heteroatoms. The number of benzene rings is 1. The first-order valence-corrected chi connectivity index (χ1v) is 10.1. The highest BCUT2D eigenvalue weighted by molar-refractivity contribution is 5.87. The van der Waals surface area contributed by atoms with Gasteiger partial charge in [0, 0.05) is 25.1 Å². The molecule has 0 spiro atoms. The van der Waals surface area contributed by atoms with Gasteiger partial charge in [0.1, 0.15) is 11.5 Å². The number of aromatic nitrogens is 2. The van der Waals surface area contributed by atoms with Crippen molar-refractivity contribution in [2.45, 2.75) is 44.8 Å². The second kappa shape index (κ2) is 8.73. The third-order valence-electron chi connectivity index (χ3n) is 5.71. The number of ether oxygens (including phenoxy) is 3. The number of hydrogen-bond acceptors (Lipinski definition) is 8. The number of nitrogens with zero attached hydrogens (tertiary/aromatic N) is 3. The van der Waals surface area contributed by atoms with Crippen LogP contribution in [0.4, 0.5) is 0 Å². The van der Waals surface area contributed by atoms with Crippen LogP contribution in [0.25, 0.3) is 11.4 Å². The molecule has 0 unspecified atom stereocenters. The number of methoxy groups -OCH3 is 2. The molecule has 9 nitrogen and oxygen atoms in total. The van der Waals surface area contributed by atoms with Crippen LogP contribution in [-0.2, 0) is 20.9 Å². The van der Waals surface area contributed by atoms with Crippen LogP contribution in [0.2, 0.25) is 0 Å². The topological polar surface area (TPSA) is 104 Å². The fraction of sp³-hybridized carbons (Fsp3) is 0.524. The molecule has 4 rings (SSSR count). The minimum Gasteiger partial charge on any atom is -0.497 e. The Balaban J connectivity index is 1.36. The average molecular weight is 415 g/mol. The zero-order valence-electron chi connectivity index (χ0n) is 17.1. The van der Waals surface area contributed by atoms with Gasteiger partial charge >= 0.3 is 5.97 Å². The van der Waals surface area contributed by atoms with E-state index in [0.29, 0.717) is 29.4 Å². The van der Waals surface area contributed by atoms with E-state index in [9.17, 15) is 9.59 Å². The van der Waals surface area contributed by atoms with Crippen LogP contribution in [0, 0.1) is 5.92 Å². The molecule has 1 aromatic carbocycles. The van der Waals surface area contributed by atoms with Crippen molar-refractivity contribution in [1.82, 2.24) is 15.0 Å².